The van der Waals surface area contributed by atoms with Crippen molar-refractivity contribution in [2.45, 2.75) is 0 Å². The summed E-state index contributed by atoms with van der Waals surface area (Å²) in [6.07, 6.45) is 0. The summed E-state index contributed by atoms with van der Waals surface area (Å²) in [5.74, 6) is 0. The van der Waals surface area contributed by atoms with Gasteiger partial charge in [-0.15, -0.1) is 0 Å². The molecule has 0 heterocycles. The first kappa shape index (κ1) is 34.4. The summed E-state index contributed by atoms with van der Waals surface area (Å²) < 4.78 is 0. The molecule has 0 aromatic rings. The average molecular weight is 329 g/mol. The molecular weight excluding hydrogens is 327 g/mol. The molecule has 0 unspecified atom stereocenters. The van der Waals surface area contributed by atoms with Crippen LogP contribution in [-0.2, 0) is 94.5 Å². The molecule has 5 heavy (non-hydrogen) atoms. The summed E-state index contributed by atoms with van der Waals surface area (Å²) in [6, 6.07) is 0. The second kappa shape index (κ2) is 23.8. The van der Waals surface area contributed by atoms with Crippen LogP contribution in [0.2, 0.25) is 0 Å². The Kier molecular flexibility index (Phi) is 164. The van der Waals surface area contributed by atoms with Gasteiger partial charge in [0, 0.05) is 94.5 Å². The van der Waals surface area contributed by atoms with Crippen molar-refractivity contribution in [2.75, 3.05) is 0 Å². The predicted octanol–water partition coefficient (Wildman–Crippen LogP) is -0.166. The van der Waals surface area contributed by atoms with E-state index < -0.39 is 0 Å². The summed E-state index contributed by atoms with van der Waals surface area (Å²) in [5.41, 5.74) is 0. The molecular formula is H2CaFeVYZr. The van der Waals surface area contributed by atoms with Gasteiger partial charge in [0.2, 0.25) is 0 Å². The molecule has 0 atom stereocenters. The molecule has 24 valence electrons. The summed E-state index contributed by atoms with van der Waals surface area (Å²) in [5, 5.41) is 0. The number of rotatable bonds is 0. The van der Waals surface area contributed by atoms with Crippen molar-refractivity contribution >= 4 is 37.7 Å². The minimum absolute atomic E-state index is 0. The zero-order valence-electron chi connectivity index (χ0n) is 4.59. The van der Waals surface area contributed by atoms with E-state index in [2.05, 4.69) is 0 Å². The van der Waals surface area contributed by atoms with E-state index in [4.69, 9.17) is 0 Å². The predicted molar refractivity (Wildman–Crippen MR) is 7.98 cm³/mol. The van der Waals surface area contributed by atoms with Crippen LogP contribution in [0.4, 0.5) is 0 Å². The normalized spacial score (nSPS) is 0. The Hall–Kier alpha value is 4.35. The molecule has 0 aromatic carbocycles. The monoisotopic (exact) mass is 328 g/mol. The van der Waals surface area contributed by atoms with Crippen LogP contribution in [0.15, 0.2) is 0 Å². The maximum Gasteiger partial charge on any atom is 2.00 e. The van der Waals surface area contributed by atoms with Gasteiger partial charge >= 0.3 is 37.7 Å². The summed E-state index contributed by atoms with van der Waals surface area (Å²) in [4.78, 5) is 0. The van der Waals surface area contributed by atoms with Gasteiger partial charge in [-0.05, 0) is 0 Å². The Balaban J connectivity index is 0. The van der Waals surface area contributed by atoms with Crippen molar-refractivity contribution in [3.63, 3.8) is 0 Å². The Labute approximate surface area is 132 Å². The first-order chi connectivity index (χ1) is 0. The summed E-state index contributed by atoms with van der Waals surface area (Å²) >= 11 is 0. The van der Waals surface area contributed by atoms with Crippen molar-refractivity contribution < 1.29 is 97.4 Å². The average Bonchev–Trinajstić information content (AvgIpc) is 0. The summed E-state index contributed by atoms with van der Waals surface area (Å²) in [6.45, 7) is 0. The van der Waals surface area contributed by atoms with E-state index in [0.717, 1.165) is 0 Å². The van der Waals surface area contributed by atoms with Crippen LogP contribution in [0, 0.1) is 0 Å². The maximum atomic E-state index is 0. The summed E-state index contributed by atoms with van der Waals surface area (Å²) in [7, 11) is 0. The zero-order valence-corrected chi connectivity index (χ0v) is 12.6. The van der Waals surface area contributed by atoms with Gasteiger partial charge in [-0.3, -0.25) is 0 Å². The molecule has 0 fully saturated rings. The van der Waals surface area contributed by atoms with Crippen molar-refractivity contribution in [2.24, 2.45) is 0 Å². The standard InChI is InChI=1S/Ca.Fe.V.Y.Zr.2H/q+2;;;;;2*-1. The second-order valence-corrected chi connectivity index (χ2v) is 0. The molecule has 5 heteroatoms. The SMILES string of the molecule is [Ca+2].[Fe].[H-].[H-].[V].[Y].[Zr]. The van der Waals surface area contributed by atoms with E-state index in [1.807, 2.05) is 0 Å². The molecule has 0 bridgehead atoms. The quantitative estimate of drug-likeness (QED) is 0.542. The molecule has 0 aliphatic heterocycles. The van der Waals surface area contributed by atoms with E-state index in [1.165, 1.54) is 0 Å². The van der Waals surface area contributed by atoms with Crippen LogP contribution in [0.5, 0.6) is 0 Å². The van der Waals surface area contributed by atoms with Crippen molar-refractivity contribution in [1.82, 2.24) is 0 Å². The number of hydrogen-bond donors (Lipinski definition) is 0. The van der Waals surface area contributed by atoms with Gasteiger partial charge in [0.05, 0.1) is 0 Å². The molecule has 0 aromatic heterocycles. The van der Waals surface area contributed by atoms with Crippen LogP contribution < -0.4 is 0 Å². The van der Waals surface area contributed by atoms with Crippen molar-refractivity contribution in [3.8, 4) is 0 Å². The fraction of sp³-hybridized carbons (Fsp3) is 0. The fourth-order valence-electron chi connectivity index (χ4n) is 0. The topological polar surface area (TPSA) is 0 Å². The Morgan fingerprint density at radius 1 is 1.20 bits per heavy atom. The third kappa shape index (κ3) is 17.8. The molecule has 0 nitrogen and oxygen atoms in total. The zero-order chi connectivity index (χ0) is 0. The first-order valence-electron chi connectivity index (χ1n) is 0. The molecule has 0 amide bonds. The van der Waals surface area contributed by atoms with E-state index in [0.29, 0.717) is 0 Å². The smallest absolute Gasteiger partial charge is 1.00 e. The second-order valence-electron chi connectivity index (χ2n) is 0. The van der Waals surface area contributed by atoms with Gasteiger partial charge in [-0.1, -0.05) is 0 Å². The van der Waals surface area contributed by atoms with Gasteiger partial charge in [-0.25, -0.2) is 0 Å². The van der Waals surface area contributed by atoms with Gasteiger partial charge in [0.15, 0.2) is 0 Å². The molecule has 2 radical (unpaired) electrons. The molecule has 0 saturated carbocycles. The largest absolute Gasteiger partial charge is 2.00 e. The molecule has 0 aliphatic rings. The minimum Gasteiger partial charge on any atom is -1.00 e. The first-order valence-corrected chi connectivity index (χ1v) is 0. The Bertz CT molecular complexity index is 17.7. The van der Waals surface area contributed by atoms with Crippen LogP contribution in [0.3, 0.4) is 0 Å². The third-order valence-corrected chi connectivity index (χ3v) is 0. The van der Waals surface area contributed by atoms with Crippen LogP contribution in [-0.4, -0.2) is 37.7 Å². The molecule has 0 aliphatic carbocycles. The van der Waals surface area contributed by atoms with Crippen molar-refractivity contribution in [1.29, 1.82) is 0 Å². The van der Waals surface area contributed by atoms with E-state index >= 15 is 0 Å². The van der Waals surface area contributed by atoms with Gasteiger partial charge in [-0.2, -0.15) is 0 Å². The van der Waals surface area contributed by atoms with E-state index in [9.17, 15) is 0 Å². The van der Waals surface area contributed by atoms with Gasteiger partial charge < -0.3 is 2.85 Å². The van der Waals surface area contributed by atoms with Gasteiger partial charge in [0.25, 0.3) is 0 Å². The van der Waals surface area contributed by atoms with Crippen molar-refractivity contribution in [3.05, 3.63) is 0 Å². The van der Waals surface area contributed by atoms with Crippen LogP contribution in [0.1, 0.15) is 2.85 Å². The molecule has 0 spiro atoms. The van der Waals surface area contributed by atoms with Crippen LogP contribution in [0.25, 0.3) is 0 Å². The Morgan fingerprint density at radius 3 is 1.20 bits per heavy atom. The molecule has 0 saturated heterocycles. The van der Waals surface area contributed by atoms with Gasteiger partial charge in [0.1, 0.15) is 0 Å². The fourth-order valence-corrected chi connectivity index (χ4v) is 0. The van der Waals surface area contributed by atoms with E-state index in [-0.39, 0.29) is 135 Å². The van der Waals surface area contributed by atoms with E-state index in [1.54, 1.807) is 0 Å². The number of hydrogen-bond acceptors (Lipinski definition) is 0. The third-order valence-electron chi connectivity index (χ3n) is 0. The maximum absolute atomic E-state index is 0. The van der Waals surface area contributed by atoms with Crippen LogP contribution >= 0.6 is 0 Å². The minimum atomic E-state index is 0. The Morgan fingerprint density at radius 2 is 1.20 bits per heavy atom. The molecule has 0 rings (SSSR count). The molecule has 0 N–H and O–H groups in total.